The van der Waals surface area contributed by atoms with E-state index in [0.29, 0.717) is 5.54 Å². The van der Waals surface area contributed by atoms with Crippen molar-refractivity contribution in [2.75, 3.05) is 13.1 Å². The first-order valence-corrected chi connectivity index (χ1v) is 8.28. The van der Waals surface area contributed by atoms with Gasteiger partial charge in [-0.25, -0.2) is 0 Å². The lowest BCUT2D eigenvalue weighted by molar-refractivity contribution is -0.0232. The van der Waals surface area contributed by atoms with Crippen LogP contribution in [0.1, 0.15) is 58.2 Å². The zero-order chi connectivity index (χ0) is 14.9. The fourth-order valence-corrected chi connectivity index (χ4v) is 3.86. The summed E-state index contributed by atoms with van der Waals surface area (Å²) in [7, 11) is 1.83. The van der Waals surface area contributed by atoms with Crippen LogP contribution in [0.2, 0.25) is 0 Å². The molecule has 0 aromatic carbocycles. The van der Waals surface area contributed by atoms with Crippen molar-refractivity contribution in [2.24, 2.45) is 7.05 Å². The van der Waals surface area contributed by atoms with Gasteiger partial charge in [0, 0.05) is 24.2 Å². The summed E-state index contributed by atoms with van der Waals surface area (Å²) in [6, 6.07) is 0. The van der Waals surface area contributed by atoms with E-state index < -0.39 is 0 Å². The van der Waals surface area contributed by atoms with Crippen LogP contribution < -0.4 is 5.32 Å². The summed E-state index contributed by atoms with van der Waals surface area (Å²) in [6.45, 7) is 7.59. The Labute approximate surface area is 127 Å². The minimum Gasteiger partial charge on any atom is -0.308 e. The Balaban J connectivity index is 1.81. The average Bonchev–Trinajstić information content (AvgIpc) is 2.90. The van der Waals surface area contributed by atoms with Crippen LogP contribution in [0.5, 0.6) is 0 Å². The van der Waals surface area contributed by atoms with Gasteiger partial charge in [-0.1, -0.05) is 26.2 Å². The Morgan fingerprint density at radius 1 is 1.24 bits per heavy atom. The highest BCUT2D eigenvalue weighted by molar-refractivity contribution is 5.05. The third-order valence-corrected chi connectivity index (χ3v) is 5.50. The van der Waals surface area contributed by atoms with Crippen molar-refractivity contribution in [1.29, 1.82) is 0 Å². The largest absolute Gasteiger partial charge is 0.308 e. The van der Waals surface area contributed by atoms with E-state index in [2.05, 4.69) is 39.5 Å². The van der Waals surface area contributed by atoms with Gasteiger partial charge in [0.15, 0.2) is 5.82 Å². The molecule has 21 heavy (non-hydrogen) atoms. The number of aromatic nitrogens is 4. The smallest absolute Gasteiger partial charge is 0.188 e. The molecule has 1 spiro atoms. The van der Waals surface area contributed by atoms with Crippen molar-refractivity contribution in [3.8, 4) is 0 Å². The molecule has 1 aliphatic heterocycles. The van der Waals surface area contributed by atoms with Crippen molar-refractivity contribution >= 4 is 0 Å². The van der Waals surface area contributed by atoms with Gasteiger partial charge in [-0.3, -0.25) is 4.90 Å². The molecule has 0 radical (unpaired) electrons. The number of nitrogens with one attached hydrogen (secondary N) is 1. The number of piperazine rings is 1. The molecule has 1 N–H and O–H groups in total. The maximum atomic E-state index is 4.39. The maximum absolute atomic E-state index is 4.39. The molecular weight excluding hydrogens is 264 g/mol. The van der Waals surface area contributed by atoms with Crippen molar-refractivity contribution < 1.29 is 0 Å². The third kappa shape index (κ3) is 2.97. The molecule has 6 nitrogen and oxygen atoms in total. The SMILES string of the molecule is CCC1(C)CN(Cc2nnn(C)n2)C2(CCCCC2)CN1. The first-order valence-electron chi connectivity index (χ1n) is 8.28. The topological polar surface area (TPSA) is 58.9 Å². The number of aryl methyl sites for hydroxylation is 1. The first-order chi connectivity index (χ1) is 10.1. The second-order valence-electron chi connectivity index (χ2n) is 7.10. The Kier molecular flexibility index (Phi) is 4.01. The first kappa shape index (κ1) is 14.9. The molecule has 1 unspecified atom stereocenters. The highest BCUT2D eigenvalue weighted by Gasteiger charge is 2.45. The highest BCUT2D eigenvalue weighted by Crippen LogP contribution is 2.38. The number of nitrogens with zero attached hydrogens (tertiary/aromatic N) is 5. The van der Waals surface area contributed by atoms with Gasteiger partial charge >= 0.3 is 0 Å². The van der Waals surface area contributed by atoms with Gasteiger partial charge in [0.1, 0.15) is 0 Å². The van der Waals surface area contributed by atoms with Crippen molar-refractivity contribution in [3.05, 3.63) is 5.82 Å². The molecule has 2 aliphatic rings. The predicted octanol–water partition coefficient (Wildman–Crippen LogP) is 1.49. The molecule has 3 rings (SSSR count). The second kappa shape index (κ2) is 5.65. The van der Waals surface area contributed by atoms with Crippen LogP contribution >= 0.6 is 0 Å². The van der Waals surface area contributed by atoms with Crippen molar-refractivity contribution in [2.45, 2.75) is 70.0 Å². The summed E-state index contributed by atoms with van der Waals surface area (Å²) < 4.78 is 0. The van der Waals surface area contributed by atoms with Crippen LogP contribution in [0, 0.1) is 0 Å². The average molecular weight is 292 g/mol. The summed E-state index contributed by atoms with van der Waals surface area (Å²) in [4.78, 5) is 4.20. The molecule has 1 aromatic rings. The van der Waals surface area contributed by atoms with Crippen LogP contribution in [0.4, 0.5) is 0 Å². The van der Waals surface area contributed by atoms with Gasteiger partial charge in [0.25, 0.3) is 0 Å². The zero-order valence-corrected chi connectivity index (χ0v) is 13.6. The highest BCUT2D eigenvalue weighted by atomic mass is 15.6. The third-order valence-electron chi connectivity index (χ3n) is 5.50. The Bertz CT molecular complexity index is 478. The van der Waals surface area contributed by atoms with Crippen LogP contribution in [0.3, 0.4) is 0 Å². The van der Waals surface area contributed by atoms with E-state index in [4.69, 9.17) is 0 Å². The summed E-state index contributed by atoms with van der Waals surface area (Å²) in [5.74, 6) is 0.850. The normalized spacial score (nSPS) is 29.9. The lowest BCUT2D eigenvalue weighted by Crippen LogP contribution is -2.69. The van der Waals surface area contributed by atoms with Crippen LogP contribution in [0.25, 0.3) is 0 Å². The lowest BCUT2D eigenvalue weighted by Gasteiger charge is -2.55. The fraction of sp³-hybridized carbons (Fsp3) is 0.933. The van der Waals surface area contributed by atoms with Gasteiger partial charge in [-0.05, 0) is 31.4 Å². The van der Waals surface area contributed by atoms with Crippen LogP contribution in [-0.2, 0) is 13.6 Å². The molecule has 2 heterocycles. The summed E-state index contributed by atoms with van der Waals surface area (Å²) >= 11 is 0. The van der Waals surface area contributed by atoms with E-state index in [1.54, 1.807) is 4.80 Å². The molecule has 1 saturated heterocycles. The number of hydrogen-bond donors (Lipinski definition) is 1. The van der Waals surface area contributed by atoms with Gasteiger partial charge in [-0.2, -0.15) is 4.80 Å². The molecule has 1 saturated carbocycles. The maximum Gasteiger partial charge on any atom is 0.188 e. The Morgan fingerprint density at radius 2 is 2.00 bits per heavy atom. The standard InChI is InChI=1S/C15H28N6/c1-4-14(2)12-21(10-13-17-19-20(3)18-13)15(11-16-14)8-6-5-7-9-15/h16H,4-12H2,1-3H3. The number of tetrazole rings is 1. The summed E-state index contributed by atoms with van der Waals surface area (Å²) in [6.07, 6.45) is 7.79. The molecule has 1 atom stereocenters. The second-order valence-corrected chi connectivity index (χ2v) is 7.10. The molecule has 2 fully saturated rings. The minimum absolute atomic E-state index is 0.199. The summed E-state index contributed by atoms with van der Waals surface area (Å²) in [5.41, 5.74) is 0.497. The van der Waals surface area contributed by atoms with Gasteiger partial charge < -0.3 is 5.32 Å². The zero-order valence-electron chi connectivity index (χ0n) is 13.6. The van der Waals surface area contributed by atoms with E-state index in [9.17, 15) is 0 Å². The molecule has 1 aromatic heterocycles. The number of rotatable bonds is 3. The minimum atomic E-state index is 0.199. The molecule has 1 aliphatic carbocycles. The monoisotopic (exact) mass is 292 g/mol. The molecule has 118 valence electrons. The number of hydrogen-bond acceptors (Lipinski definition) is 5. The fourth-order valence-electron chi connectivity index (χ4n) is 3.86. The quantitative estimate of drug-likeness (QED) is 0.914. The van der Waals surface area contributed by atoms with Gasteiger partial charge in [-0.15, -0.1) is 10.2 Å². The van der Waals surface area contributed by atoms with Crippen molar-refractivity contribution in [1.82, 2.24) is 30.4 Å². The summed E-state index contributed by atoms with van der Waals surface area (Å²) in [5, 5.41) is 16.4. The van der Waals surface area contributed by atoms with Gasteiger partial charge in [0.05, 0.1) is 13.6 Å². The Hall–Kier alpha value is -1.01. The molecule has 0 bridgehead atoms. The predicted molar refractivity (Wildman–Crippen MR) is 81.7 cm³/mol. The molecule has 6 heteroatoms. The van der Waals surface area contributed by atoms with E-state index in [1.165, 1.54) is 32.1 Å². The van der Waals surface area contributed by atoms with E-state index in [1.807, 2.05) is 7.05 Å². The van der Waals surface area contributed by atoms with E-state index in [0.717, 1.165) is 31.9 Å². The van der Waals surface area contributed by atoms with E-state index >= 15 is 0 Å². The molecular formula is C15H28N6. The van der Waals surface area contributed by atoms with E-state index in [-0.39, 0.29) is 5.54 Å². The van der Waals surface area contributed by atoms with Crippen LogP contribution in [-0.4, -0.2) is 49.3 Å². The van der Waals surface area contributed by atoms with Crippen LogP contribution in [0.15, 0.2) is 0 Å². The Morgan fingerprint density at radius 3 is 2.62 bits per heavy atom. The van der Waals surface area contributed by atoms with Crippen molar-refractivity contribution in [3.63, 3.8) is 0 Å². The molecule has 0 amide bonds. The van der Waals surface area contributed by atoms with Gasteiger partial charge in [0.2, 0.25) is 0 Å². The lowest BCUT2D eigenvalue weighted by atomic mass is 9.76.